The van der Waals surface area contributed by atoms with Crippen LogP contribution in [-0.4, -0.2) is 35.3 Å². The Balaban J connectivity index is 1.74. The van der Waals surface area contributed by atoms with Gasteiger partial charge in [-0.15, -0.1) is 0 Å². The Hall–Kier alpha value is -1.29. The van der Waals surface area contributed by atoms with Crippen LogP contribution < -0.4 is 10.2 Å². The summed E-state index contributed by atoms with van der Waals surface area (Å²) < 4.78 is 0. The van der Waals surface area contributed by atoms with Gasteiger partial charge in [-0.25, -0.2) is 0 Å². The highest BCUT2D eigenvalue weighted by Gasteiger charge is 2.42. The van der Waals surface area contributed by atoms with E-state index in [2.05, 4.69) is 28.2 Å². The largest absolute Gasteiger partial charge is 0.389 e. The number of piperidine rings is 1. The smallest absolute Gasteiger partial charge is 0.0709 e. The number of hydrogen-bond acceptors (Lipinski definition) is 4. The zero-order chi connectivity index (χ0) is 14.0. The molecule has 2 heterocycles. The van der Waals surface area contributed by atoms with E-state index < -0.39 is 5.60 Å². The molecule has 1 aliphatic carbocycles. The van der Waals surface area contributed by atoms with E-state index in [1.807, 2.05) is 12.4 Å². The molecule has 0 bridgehead atoms. The molecule has 4 nitrogen and oxygen atoms in total. The minimum Gasteiger partial charge on any atom is -0.389 e. The minimum absolute atomic E-state index is 0.401. The van der Waals surface area contributed by atoms with E-state index in [0.29, 0.717) is 5.92 Å². The van der Waals surface area contributed by atoms with Crippen molar-refractivity contribution in [2.75, 3.05) is 29.9 Å². The summed E-state index contributed by atoms with van der Waals surface area (Å²) >= 11 is 0. The Kier molecular flexibility index (Phi) is 3.83. The van der Waals surface area contributed by atoms with Gasteiger partial charge in [0.2, 0.25) is 0 Å². The normalized spacial score (nSPS) is 29.9. The number of anilines is 2. The maximum absolute atomic E-state index is 10.7. The van der Waals surface area contributed by atoms with Crippen LogP contribution in [0.3, 0.4) is 0 Å². The first-order valence-electron chi connectivity index (χ1n) is 7.87. The van der Waals surface area contributed by atoms with Crippen molar-refractivity contribution in [1.29, 1.82) is 0 Å². The number of aromatic nitrogens is 1. The van der Waals surface area contributed by atoms with Gasteiger partial charge in [0.15, 0.2) is 0 Å². The van der Waals surface area contributed by atoms with Gasteiger partial charge in [0.1, 0.15) is 0 Å². The number of hydrogen-bond donors (Lipinski definition) is 2. The molecule has 0 spiro atoms. The van der Waals surface area contributed by atoms with Crippen LogP contribution in [0.2, 0.25) is 0 Å². The molecule has 110 valence electrons. The summed E-state index contributed by atoms with van der Waals surface area (Å²) in [6, 6.07) is 2.17. The highest BCUT2D eigenvalue weighted by molar-refractivity contribution is 5.56. The van der Waals surface area contributed by atoms with Gasteiger partial charge in [-0.3, -0.25) is 4.98 Å². The van der Waals surface area contributed by atoms with Crippen molar-refractivity contribution in [2.24, 2.45) is 5.92 Å². The molecule has 3 rings (SSSR count). The van der Waals surface area contributed by atoms with Crippen molar-refractivity contribution in [2.45, 2.75) is 44.6 Å². The Labute approximate surface area is 121 Å². The highest BCUT2D eigenvalue weighted by Crippen LogP contribution is 2.40. The van der Waals surface area contributed by atoms with Gasteiger partial charge in [0.25, 0.3) is 0 Å². The lowest BCUT2D eigenvalue weighted by atomic mass is 9.71. The van der Waals surface area contributed by atoms with E-state index in [-0.39, 0.29) is 0 Å². The Morgan fingerprint density at radius 2 is 2.30 bits per heavy atom. The van der Waals surface area contributed by atoms with E-state index >= 15 is 0 Å². The molecule has 0 amide bonds. The standard InChI is InChI=1S/C16H25N3O/c1-2-18-14-9-15(11-17-10-14)19-8-7-16(20)6-4-3-5-13(16)12-19/h9-11,13,18,20H,2-8,12H2,1H3. The molecule has 1 aromatic heterocycles. The first kappa shape index (κ1) is 13.7. The van der Waals surface area contributed by atoms with Gasteiger partial charge in [0.05, 0.1) is 29.4 Å². The average Bonchev–Trinajstić information content (AvgIpc) is 2.47. The van der Waals surface area contributed by atoms with Crippen LogP contribution in [0.5, 0.6) is 0 Å². The van der Waals surface area contributed by atoms with Gasteiger partial charge >= 0.3 is 0 Å². The second-order valence-corrected chi connectivity index (χ2v) is 6.20. The maximum Gasteiger partial charge on any atom is 0.0709 e. The number of nitrogens with zero attached hydrogens (tertiary/aromatic N) is 2. The van der Waals surface area contributed by atoms with Crippen molar-refractivity contribution >= 4 is 11.4 Å². The van der Waals surface area contributed by atoms with Crippen LogP contribution in [0.25, 0.3) is 0 Å². The molecule has 1 aromatic rings. The van der Waals surface area contributed by atoms with Crippen molar-refractivity contribution in [1.82, 2.24) is 4.98 Å². The van der Waals surface area contributed by atoms with Crippen LogP contribution in [0, 0.1) is 5.92 Å². The summed E-state index contributed by atoms with van der Waals surface area (Å²) in [7, 11) is 0. The maximum atomic E-state index is 10.7. The summed E-state index contributed by atoms with van der Waals surface area (Å²) in [4.78, 5) is 6.72. The quantitative estimate of drug-likeness (QED) is 0.890. The van der Waals surface area contributed by atoms with E-state index in [1.165, 1.54) is 18.5 Å². The lowest BCUT2D eigenvalue weighted by molar-refractivity contribution is -0.0612. The zero-order valence-electron chi connectivity index (χ0n) is 12.3. The Bertz CT molecular complexity index is 465. The summed E-state index contributed by atoms with van der Waals surface area (Å²) in [6.07, 6.45) is 9.29. The van der Waals surface area contributed by atoms with Gasteiger partial charge in [-0.05, 0) is 32.3 Å². The molecule has 0 aromatic carbocycles. The molecule has 4 heteroatoms. The van der Waals surface area contributed by atoms with Crippen LogP contribution in [0.15, 0.2) is 18.5 Å². The third-order valence-corrected chi connectivity index (χ3v) is 4.90. The van der Waals surface area contributed by atoms with Crippen molar-refractivity contribution < 1.29 is 5.11 Å². The molecule has 20 heavy (non-hydrogen) atoms. The van der Waals surface area contributed by atoms with E-state index in [1.54, 1.807) is 0 Å². The SMILES string of the molecule is CCNc1cncc(N2CCC3(O)CCCCC3C2)c1. The molecule has 2 fully saturated rings. The van der Waals surface area contributed by atoms with Gasteiger partial charge in [-0.1, -0.05) is 12.8 Å². The molecule has 2 unspecified atom stereocenters. The zero-order valence-corrected chi connectivity index (χ0v) is 12.3. The topological polar surface area (TPSA) is 48.4 Å². The van der Waals surface area contributed by atoms with E-state index in [4.69, 9.17) is 0 Å². The molecule has 1 saturated carbocycles. The van der Waals surface area contributed by atoms with E-state index in [9.17, 15) is 5.11 Å². The second kappa shape index (κ2) is 5.60. The van der Waals surface area contributed by atoms with E-state index in [0.717, 1.165) is 44.6 Å². The first-order chi connectivity index (χ1) is 9.71. The number of aliphatic hydroxyl groups is 1. The molecule has 1 aliphatic heterocycles. The fourth-order valence-electron chi connectivity index (χ4n) is 3.71. The first-order valence-corrected chi connectivity index (χ1v) is 7.87. The van der Waals surface area contributed by atoms with Crippen LogP contribution >= 0.6 is 0 Å². The number of pyridine rings is 1. The fraction of sp³-hybridized carbons (Fsp3) is 0.688. The average molecular weight is 275 g/mol. The predicted octanol–water partition coefficient (Wildman–Crippen LogP) is 2.64. The highest BCUT2D eigenvalue weighted by atomic mass is 16.3. The van der Waals surface area contributed by atoms with Crippen LogP contribution in [0.1, 0.15) is 39.0 Å². The third kappa shape index (κ3) is 2.62. The van der Waals surface area contributed by atoms with Gasteiger partial charge in [-0.2, -0.15) is 0 Å². The second-order valence-electron chi connectivity index (χ2n) is 6.20. The molecule has 2 N–H and O–H groups in total. The molecule has 1 saturated heterocycles. The van der Waals surface area contributed by atoms with Gasteiger partial charge in [0, 0.05) is 25.6 Å². The molecular formula is C16H25N3O. The molecule has 2 atom stereocenters. The Morgan fingerprint density at radius 1 is 1.40 bits per heavy atom. The molecule has 2 aliphatic rings. The summed E-state index contributed by atoms with van der Waals surface area (Å²) in [6.45, 7) is 4.90. The number of rotatable bonds is 3. The van der Waals surface area contributed by atoms with Crippen molar-refractivity contribution in [3.05, 3.63) is 18.5 Å². The summed E-state index contributed by atoms with van der Waals surface area (Å²) in [5.41, 5.74) is 1.85. The summed E-state index contributed by atoms with van der Waals surface area (Å²) in [5.74, 6) is 0.424. The lowest BCUT2D eigenvalue weighted by Crippen LogP contribution is -2.53. The number of nitrogens with one attached hydrogen (secondary N) is 1. The lowest BCUT2D eigenvalue weighted by Gasteiger charge is -2.48. The van der Waals surface area contributed by atoms with Gasteiger partial charge < -0.3 is 15.3 Å². The Morgan fingerprint density at radius 3 is 3.15 bits per heavy atom. The predicted molar refractivity (Wildman–Crippen MR) is 82.1 cm³/mol. The number of fused-ring (bicyclic) bond motifs is 1. The third-order valence-electron chi connectivity index (χ3n) is 4.90. The van der Waals surface area contributed by atoms with Crippen molar-refractivity contribution in [3.63, 3.8) is 0 Å². The van der Waals surface area contributed by atoms with Crippen LogP contribution in [-0.2, 0) is 0 Å². The fourth-order valence-corrected chi connectivity index (χ4v) is 3.71. The monoisotopic (exact) mass is 275 g/mol. The van der Waals surface area contributed by atoms with Crippen molar-refractivity contribution in [3.8, 4) is 0 Å². The van der Waals surface area contributed by atoms with Crippen LogP contribution in [0.4, 0.5) is 11.4 Å². The molecular weight excluding hydrogens is 250 g/mol. The molecule has 0 radical (unpaired) electrons. The summed E-state index contributed by atoms with van der Waals surface area (Å²) in [5, 5.41) is 14.1. The minimum atomic E-state index is -0.401.